The molecule has 2 aromatic heterocycles. The summed E-state index contributed by atoms with van der Waals surface area (Å²) < 4.78 is 1.66. The average molecular weight is 347 g/mol. The summed E-state index contributed by atoms with van der Waals surface area (Å²) in [6.07, 6.45) is 1.68. The molecule has 0 bridgehead atoms. The highest BCUT2D eigenvalue weighted by Gasteiger charge is 2.25. The zero-order valence-electron chi connectivity index (χ0n) is 14.0. The Morgan fingerprint density at radius 2 is 1.88 bits per heavy atom. The molecule has 0 atom stereocenters. The Morgan fingerprint density at radius 1 is 1.08 bits per heavy atom. The number of carbonyl (C=O) groups is 2. The highest BCUT2D eigenvalue weighted by molar-refractivity contribution is 5.96. The van der Waals surface area contributed by atoms with Gasteiger partial charge in [0.1, 0.15) is 0 Å². The molecule has 0 unspecified atom stereocenters. The maximum absolute atomic E-state index is 12.8. The van der Waals surface area contributed by atoms with Crippen molar-refractivity contribution in [2.75, 3.05) is 19.6 Å². The molecule has 4 rings (SSSR count). The third-order valence-electron chi connectivity index (χ3n) is 4.19. The molecule has 1 aromatic carbocycles. The van der Waals surface area contributed by atoms with Gasteiger partial charge in [-0.25, -0.2) is 9.67 Å². The van der Waals surface area contributed by atoms with Gasteiger partial charge in [0.05, 0.1) is 12.2 Å². The van der Waals surface area contributed by atoms with Gasteiger partial charge in [-0.05, 0) is 18.2 Å². The summed E-state index contributed by atoms with van der Waals surface area (Å²) in [5, 5.41) is 7.21. The number of rotatable bonds is 3. The molecule has 1 N–H and O–H groups in total. The lowest BCUT2D eigenvalue weighted by atomic mass is 10.1. The normalized spacial score (nSPS) is 14.2. The fourth-order valence-electron chi connectivity index (χ4n) is 2.93. The number of aromatic nitrogens is 3. The van der Waals surface area contributed by atoms with Crippen LogP contribution in [-0.4, -0.2) is 51.1 Å². The second-order valence-electron chi connectivity index (χ2n) is 5.96. The highest BCUT2D eigenvalue weighted by atomic mass is 16.2. The van der Waals surface area contributed by atoms with Gasteiger partial charge in [0.15, 0.2) is 11.5 Å². The maximum Gasteiger partial charge on any atom is 0.274 e. The third kappa shape index (κ3) is 3.06. The van der Waals surface area contributed by atoms with Crippen LogP contribution in [0.2, 0.25) is 0 Å². The Kier molecular flexibility index (Phi) is 4.18. The predicted molar refractivity (Wildman–Crippen MR) is 95.7 cm³/mol. The van der Waals surface area contributed by atoms with Crippen LogP contribution in [0.25, 0.3) is 17.1 Å². The van der Waals surface area contributed by atoms with Crippen molar-refractivity contribution in [2.45, 2.75) is 0 Å². The summed E-state index contributed by atoms with van der Waals surface area (Å²) >= 11 is 0. The average Bonchev–Trinajstić information content (AvgIpc) is 3.14. The lowest BCUT2D eigenvalue weighted by Crippen LogP contribution is -2.50. The van der Waals surface area contributed by atoms with Gasteiger partial charge in [0, 0.05) is 24.8 Å². The maximum atomic E-state index is 12.8. The van der Waals surface area contributed by atoms with Crippen molar-refractivity contribution in [1.82, 2.24) is 25.0 Å². The standard InChI is InChI=1S/C19H17N5O2/c25-18-13-23(11-10-21-18)19(26)15-12-16(14-6-2-1-3-7-14)24(22-15)17-8-4-5-9-20-17/h1-9,12H,10-11,13H2,(H,21,25). The van der Waals surface area contributed by atoms with E-state index < -0.39 is 0 Å². The fraction of sp³-hybridized carbons (Fsp3) is 0.158. The lowest BCUT2D eigenvalue weighted by Gasteiger charge is -2.25. The second-order valence-corrected chi connectivity index (χ2v) is 5.96. The molecule has 1 aliphatic rings. The summed E-state index contributed by atoms with van der Waals surface area (Å²) in [4.78, 5) is 30.3. The second kappa shape index (κ2) is 6.79. The number of piperazine rings is 1. The molecule has 2 amide bonds. The first-order valence-electron chi connectivity index (χ1n) is 8.35. The number of hydrogen-bond donors (Lipinski definition) is 1. The zero-order valence-corrected chi connectivity index (χ0v) is 14.0. The van der Waals surface area contributed by atoms with Crippen molar-refractivity contribution in [2.24, 2.45) is 0 Å². The van der Waals surface area contributed by atoms with Gasteiger partial charge in [-0.3, -0.25) is 9.59 Å². The van der Waals surface area contributed by atoms with E-state index in [2.05, 4.69) is 15.4 Å². The summed E-state index contributed by atoms with van der Waals surface area (Å²) in [6.45, 7) is 0.981. The van der Waals surface area contributed by atoms with Gasteiger partial charge in [-0.2, -0.15) is 5.10 Å². The Labute approximate surface area is 150 Å². The Bertz CT molecular complexity index is 880. The monoisotopic (exact) mass is 347 g/mol. The molecule has 130 valence electrons. The first kappa shape index (κ1) is 16.0. The Morgan fingerprint density at radius 3 is 2.62 bits per heavy atom. The number of nitrogens with one attached hydrogen (secondary N) is 1. The molecule has 0 spiro atoms. The largest absolute Gasteiger partial charge is 0.353 e. The Hall–Kier alpha value is -3.48. The molecule has 0 saturated carbocycles. The third-order valence-corrected chi connectivity index (χ3v) is 4.19. The SMILES string of the molecule is O=C1CN(C(=O)c2cc(-c3ccccc3)n(-c3ccccn3)n2)CCN1. The van der Waals surface area contributed by atoms with Crippen LogP contribution < -0.4 is 5.32 Å². The summed E-state index contributed by atoms with van der Waals surface area (Å²) in [5.74, 6) is 0.213. The van der Waals surface area contributed by atoms with Crippen LogP contribution in [0.5, 0.6) is 0 Å². The van der Waals surface area contributed by atoms with Gasteiger partial charge < -0.3 is 10.2 Å². The van der Waals surface area contributed by atoms with E-state index in [4.69, 9.17) is 0 Å². The molecule has 7 heteroatoms. The van der Waals surface area contributed by atoms with Gasteiger partial charge in [0.25, 0.3) is 5.91 Å². The van der Waals surface area contributed by atoms with Crippen molar-refractivity contribution in [3.05, 3.63) is 66.5 Å². The van der Waals surface area contributed by atoms with Gasteiger partial charge >= 0.3 is 0 Å². The molecule has 0 aliphatic carbocycles. The predicted octanol–water partition coefficient (Wildman–Crippen LogP) is 1.51. The van der Waals surface area contributed by atoms with E-state index >= 15 is 0 Å². The Balaban J connectivity index is 1.76. The highest BCUT2D eigenvalue weighted by Crippen LogP contribution is 2.23. The van der Waals surface area contributed by atoms with E-state index in [1.807, 2.05) is 48.5 Å². The quantitative estimate of drug-likeness (QED) is 0.779. The van der Waals surface area contributed by atoms with Crippen LogP contribution in [0.4, 0.5) is 0 Å². The smallest absolute Gasteiger partial charge is 0.274 e. The summed E-state index contributed by atoms with van der Waals surface area (Å²) in [7, 11) is 0. The number of benzene rings is 1. The van der Waals surface area contributed by atoms with Crippen LogP contribution in [0, 0.1) is 0 Å². The number of nitrogens with zero attached hydrogens (tertiary/aromatic N) is 4. The number of pyridine rings is 1. The number of amides is 2. The van der Waals surface area contributed by atoms with Crippen molar-refractivity contribution in [1.29, 1.82) is 0 Å². The van der Waals surface area contributed by atoms with E-state index in [9.17, 15) is 9.59 Å². The molecule has 0 radical (unpaired) electrons. The molecule has 1 fully saturated rings. The van der Waals surface area contributed by atoms with E-state index in [-0.39, 0.29) is 18.4 Å². The summed E-state index contributed by atoms with van der Waals surface area (Å²) in [6, 6.07) is 17.0. The van der Waals surface area contributed by atoms with Gasteiger partial charge in [0.2, 0.25) is 5.91 Å². The van der Waals surface area contributed by atoms with Gasteiger partial charge in [-0.1, -0.05) is 36.4 Å². The summed E-state index contributed by atoms with van der Waals surface area (Å²) in [5.41, 5.74) is 2.00. The minimum Gasteiger partial charge on any atom is -0.353 e. The van der Waals surface area contributed by atoms with Crippen molar-refractivity contribution >= 4 is 11.8 Å². The van der Waals surface area contributed by atoms with E-state index in [1.54, 1.807) is 16.9 Å². The number of hydrogen-bond acceptors (Lipinski definition) is 4. The van der Waals surface area contributed by atoms with Crippen molar-refractivity contribution in [3.63, 3.8) is 0 Å². The molecule has 3 aromatic rings. The number of carbonyl (C=O) groups excluding carboxylic acids is 2. The van der Waals surface area contributed by atoms with E-state index in [0.29, 0.717) is 24.6 Å². The van der Waals surface area contributed by atoms with Crippen molar-refractivity contribution in [3.8, 4) is 17.1 Å². The van der Waals surface area contributed by atoms with Crippen LogP contribution in [-0.2, 0) is 4.79 Å². The van der Waals surface area contributed by atoms with E-state index in [1.165, 1.54) is 4.90 Å². The van der Waals surface area contributed by atoms with Crippen molar-refractivity contribution < 1.29 is 9.59 Å². The first-order valence-corrected chi connectivity index (χ1v) is 8.35. The lowest BCUT2D eigenvalue weighted by molar-refractivity contribution is -0.123. The molecule has 26 heavy (non-hydrogen) atoms. The van der Waals surface area contributed by atoms with Crippen LogP contribution in [0.1, 0.15) is 10.5 Å². The van der Waals surface area contributed by atoms with E-state index in [0.717, 1.165) is 11.3 Å². The minimum absolute atomic E-state index is 0.0515. The van der Waals surface area contributed by atoms with Crippen LogP contribution in [0.15, 0.2) is 60.8 Å². The minimum atomic E-state index is -0.258. The molecule has 1 aliphatic heterocycles. The first-order chi connectivity index (χ1) is 12.7. The molecular formula is C19H17N5O2. The van der Waals surface area contributed by atoms with Gasteiger partial charge in [-0.15, -0.1) is 0 Å². The zero-order chi connectivity index (χ0) is 17.9. The fourth-order valence-corrected chi connectivity index (χ4v) is 2.93. The molecule has 1 saturated heterocycles. The molecule has 7 nitrogen and oxygen atoms in total. The van der Waals surface area contributed by atoms with Crippen LogP contribution >= 0.6 is 0 Å². The molecular weight excluding hydrogens is 330 g/mol. The van der Waals surface area contributed by atoms with Crippen LogP contribution in [0.3, 0.4) is 0 Å². The molecule has 3 heterocycles. The topological polar surface area (TPSA) is 80.1 Å².